The van der Waals surface area contributed by atoms with Crippen LogP contribution < -0.4 is 4.90 Å². The summed E-state index contributed by atoms with van der Waals surface area (Å²) in [6.07, 6.45) is 1.29. The predicted molar refractivity (Wildman–Crippen MR) is 95.7 cm³/mol. The second kappa shape index (κ2) is 7.53. The molecule has 8 heteroatoms. The van der Waals surface area contributed by atoms with Crippen LogP contribution in [-0.2, 0) is 0 Å². The molecule has 1 amide bonds. The number of piperazine rings is 1. The van der Waals surface area contributed by atoms with Crippen LogP contribution in [0.5, 0.6) is 0 Å². The molecule has 2 heterocycles. The number of carbonyl (C=O) groups excluding carboxylic acids is 2. The maximum absolute atomic E-state index is 14.3. The molecule has 0 saturated carbocycles. The van der Waals surface area contributed by atoms with Crippen LogP contribution in [0.2, 0.25) is 0 Å². The summed E-state index contributed by atoms with van der Waals surface area (Å²) in [5.74, 6) is -2.16. The van der Waals surface area contributed by atoms with E-state index in [4.69, 9.17) is 5.11 Å². The highest BCUT2D eigenvalue weighted by molar-refractivity contribution is 5.96. The molecule has 0 unspecified atom stereocenters. The fourth-order valence-corrected chi connectivity index (χ4v) is 2.98. The highest BCUT2D eigenvalue weighted by Gasteiger charge is 2.25. The number of ketones is 1. The summed E-state index contributed by atoms with van der Waals surface area (Å²) in [7, 11) is 0. The third-order valence-corrected chi connectivity index (χ3v) is 4.49. The number of halogens is 1. The van der Waals surface area contributed by atoms with Crippen molar-refractivity contribution in [1.29, 1.82) is 0 Å². The SMILES string of the molecule is CC(=O)c1ccc(N2CCN(C(=O)c3cc(C(=O)O)ccn3)CC2)c(F)c1. The monoisotopic (exact) mass is 371 g/mol. The summed E-state index contributed by atoms with van der Waals surface area (Å²) in [5, 5.41) is 9.03. The molecular weight excluding hydrogens is 353 g/mol. The van der Waals surface area contributed by atoms with E-state index >= 15 is 0 Å². The lowest BCUT2D eigenvalue weighted by atomic mass is 10.1. The minimum Gasteiger partial charge on any atom is -0.478 e. The van der Waals surface area contributed by atoms with E-state index in [2.05, 4.69) is 4.98 Å². The molecule has 7 nitrogen and oxygen atoms in total. The molecular formula is C19H18FN3O4. The fraction of sp³-hybridized carbons (Fsp3) is 0.263. The zero-order valence-corrected chi connectivity index (χ0v) is 14.7. The van der Waals surface area contributed by atoms with Gasteiger partial charge in [-0.2, -0.15) is 0 Å². The number of aromatic carboxylic acids is 1. The van der Waals surface area contributed by atoms with Crippen molar-refractivity contribution < 1.29 is 23.9 Å². The Morgan fingerprint density at radius 2 is 1.74 bits per heavy atom. The maximum atomic E-state index is 14.3. The van der Waals surface area contributed by atoms with Gasteiger partial charge in [0.25, 0.3) is 5.91 Å². The molecule has 1 fully saturated rings. The first-order chi connectivity index (χ1) is 12.9. The van der Waals surface area contributed by atoms with Crippen molar-refractivity contribution in [3.05, 3.63) is 59.2 Å². The van der Waals surface area contributed by atoms with Gasteiger partial charge in [0.15, 0.2) is 5.78 Å². The van der Waals surface area contributed by atoms with E-state index in [1.54, 1.807) is 17.0 Å². The van der Waals surface area contributed by atoms with Gasteiger partial charge in [-0.25, -0.2) is 9.18 Å². The van der Waals surface area contributed by atoms with Crippen molar-refractivity contribution in [1.82, 2.24) is 9.88 Å². The van der Waals surface area contributed by atoms with E-state index in [0.29, 0.717) is 37.4 Å². The van der Waals surface area contributed by atoms with Crippen LogP contribution in [-0.4, -0.2) is 58.8 Å². The quantitative estimate of drug-likeness (QED) is 0.828. The molecule has 1 aromatic heterocycles. The Morgan fingerprint density at radius 3 is 2.33 bits per heavy atom. The molecule has 0 aliphatic carbocycles. The number of amides is 1. The molecule has 3 rings (SSSR count). The van der Waals surface area contributed by atoms with Crippen molar-refractivity contribution in [2.75, 3.05) is 31.1 Å². The summed E-state index contributed by atoms with van der Waals surface area (Å²) in [6, 6.07) is 6.94. The number of benzene rings is 1. The van der Waals surface area contributed by atoms with Gasteiger partial charge in [-0.1, -0.05) is 0 Å². The van der Waals surface area contributed by atoms with Crippen LogP contribution in [0.1, 0.15) is 38.1 Å². The Balaban J connectivity index is 1.68. The van der Waals surface area contributed by atoms with Gasteiger partial charge in [0.1, 0.15) is 11.5 Å². The average Bonchev–Trinajstić information content (AvgIpc) is 2.67. The van der Waals surface area contributed by atoms with Crippen LogP contribution >= 0.6 is 0 Å². The lowest BCUT2D eigenvalue weighted by Gasteiger charge is -2.36. The molecule has 0 atom stereocenters. The van der Waals surface area contributed by atoms with Gasteiger partial charge in [-0.3, -0.25) is 14.6 Å². The first kappa shape index (κ1) is 18.5. The minimum atomic E-state index is -1.12. The summed E-state index contributed by atoms with van der Waals surface area (Å²) < 4.78 is 14.3. The van der Waals surface area contributed by atoms with Crippen LogP contribution in [0.25, 0.3) is 0 Å². The molecule has 0 radical (unpaired) electrons. The lowest BCUT2D eigenvalue weighted by Crippen LogP contribution is -2.49. The van der Waals surface area contributed by atoms with E-state index in [-0.39, 0.29) is 22.9 Å². The zero-order chi connectivity index (χ0) is 19.6. The molecule has 1 aromatic carbocycles. The highest BCUT2D eigenvalue weighted by Crippen LogP contribution is 2.22. The van der Waals surface area contributed by atoms with Crippen molar-refractivity contribution >= 4 is 23.3 Å². The molecule has 140 valence electrons. The van der Waals surface area contributed by atoms with Gasteiger partial charge in [-0.05, 0) is 37.3 Å². The van der Waals surface area contributed by atoms with Crippen LogP contribution in [0.3, 0.4) is 0 Å². The molecule has 0 bridgehead atoms. The Hall–Kier alpha value is -3.29. The molecule has 0 spiro atoms. The van der Waals surface area contributed by atoms with Gasteiger partial charge in [0.05, 0.1) is 11.3 Å². The third-order valence-electron chi connectivity index (χ3n) is 4.49. The molecule has 27 heavy (non-hydrogen) atoms. The third kappa shape index (κ3) is 3.94. The second-order valence-electron chi connectivity index (χ2n) is 6.24. The number of carbonyl (C=O) groups is 3. The predicted octanol–water partition coefficient (Wildman–Crippen LogP) is 2.08. The smallest absolute Gasteiger partial charge is 0.335 e. The molecule has 1 saturated heterocycles. The highest BCUT2D eigenvalue weighted by atomic mass is 19.1. The van der Waals surface area contributed by atoms with E-state index in [1.807, 2.05) is 4.90 Å². The molecule has 1 aliphatic heterocycles. The summed E-state index contributed by atoms with van der Waals surface area (Å²) in [5.41, 5.74) is 0.771. The summed E-state index contributed by atoms with van der Waals surface area (Å²) in [4.78, 5) is 42.2. The van der Waals surface area contributed by atoms with Crippen molar-refractivity contribution in [2.24, 2.45) is 0 Å². The van der Waals surface area contributed by atoms with Gasteiger partial charge >= 0.3 is 5.97 Å². The van der Waals surface area contributed by atoms with E-state index < -0.39 is 11.8 Å². The summed E-state index contributed by atoms with van der Waals surface area (Å²) >= 11 is 0. The topological polar surface area (TPSA) is 90.8 Å². The maximum Gasteiger partial charge on any atom is 0.335 e. The lowest BCUT2D eigenvalue weighted by molar-refractivity contribution is 0.0696. The Morgan fingerprint density at radius 1 is 1.04 bits per heavy atom. The van der Waals surface area contributed by atoms with Crippen molar-refractivity contribution in [2.45, 2.75) is 6.92 Å². The van der Waals surface area contributed by atoms with Gasteiger partial charge in [-0.15, -0.1) is 0 Å². The largest absolute Gasteiger partial charge is 0.478 e. The van der Waals surface area contributed by atoms with Gasteiger partial charge in [0, 0.05) is 37.9 Å². The Bertz CT molecular complexity index is 908. The van der Waals surface area contributed by atoms with E-state index in [1.165, 1.54) is 31.3 Å². The standard InChI is InChI=1S/C19H18FN3O4/c1-12(24)13-2-3-17(15(20)10-13)22-6-8-23(9-7-22)18(25)16-11-14(19(26)27)4-5-21-16/h2-5,10-11H,6-9H2,1H3,(H,26,27). The van der Waals surface area contributed by atoms with Crippen LogP contribution in [0, 0.1) is 5.82 Å². The first-order valence-electron chi connectivity index (χ1n) is 8.41. The minimum absolute atomic E-state index is 0.000354. The number of rotatable bonds is 4. The number of Topliss-reactive ketones (excluding diaryl/α,β-unsaturated/α-hetero) is 1. The van der Waals surface area contributed by atoms with Crippen LogP contribution in [0.15, 0.2) is 36.5 Å². The Labute approximate surface area is 155 Å². The normalized spacial score (nSPS) is 14.1. The number of hydrogen-bond acceptors (Lipinski definition) is 5. The van der Waals surface area contributed by atoms with Crippen molar-refractivity contribution in [3.63, 3.8) is 0 Å². The number of hydrogen-bond donors (Lipinski definition) is 1. The zero-order valence-electron chi connectivity index (χ0n) is 14.7. The molecule has 1 aliphatic rings. The number of nitrogens with zero attached hydrogens (tertiary/aromatic N) is 3. The average molecular weight is 371 g/mol. The fourth-order valence-electron chi connectivity index (χ4n) is 2.98. The first-order valence-corrected chi connectivity index (χ1v) is 8.41. The Kier molecular flexibility index (Phi) is 5.16. The number of aromatic nitrogens is 1. The molecule has 2 aromatic rings. The second-order valence-corrected chi connectivity index (χ2v) is 6.24. The van der Waals surface area contributed by atoms with Crippen molar-refractivity contribution in [3.8, 4) is 0 Å². The van der Waals surface area contributed by atoms with E-state index in [0.717, 1.165) is 0 Å². The van der Waals surface area contributed by atoms with Gasteiger partial charge in [0.2, 0.25) is 0 Å². The molecule has 1 N–H and O–H groups in total. The number of carboxylic acids is 1. The van der Waals surface area contributed by atoms with Crippen LogP contribution in [0.4, 0.5) is 10.1 Å². The van der Waals surface area contributed by atoms with E-state index in [9.17, 15) is 18.8 Å². The van der Waals surface area contributed by atoms with Gasteiger partial charge < -0.3 is 14.9 Å². The number of carboxylic acid groups (broad SMARTS) is 1. The number of pyridine rings is 1. The number of anilines is 1. The summed E-state index contributed by atoms with van der Waals surface area (Å²) in [6.45, 7) is 2.92.